The topological polar surface area (TPSA) is 123 Å². The van der Waals surface area contributed by atoms with Gasteiger partial charge in [-0.15, -0.1) is 11.3 Å². The van der Waals surface area contributed by atoms with E-state index in [1.807, 2.05) is 13.0 Å². The fraction of sp³-hybridized carbons (Fsp3) is 0.536. The molecule has 0 bridgehead atoms. The Labute approximate surface area is 240 Å². The van der Waals surface area contributed by atoms with Crippen LogP contribution in [0.1, 0.15) is 81.2 Å². The molecule has 40 heavy (non-hydrogen) atoms. The van der Waals surface area contributed by atoms with Crippen molar-refractivity contribution in [3.63, 3.8) is 0 Å². The molecule has 3 aromatic rings. The molecule has 1 fully saturated rings. The summed E-state index contributed by atoms with van der Waals surface area (Å²) in [6.07, 6.45) is 5.30. The first kappa shape index (κ1) is 30.0. The number of aryl methyl sites for hydroxylation is 1. The Kier molecular flexibility index (Phi) is 9.21. The van der Waals surface area contributed by atoms with E-state index >= 15 is 0 Å². The zero-order valence-corrected chi connectivity index (χ0v) is 25.5. The lowest BCUT2D eigenvalue weighted by Gasteiger charge is -2.22. The van der Waals surface area contributed by atoms with Crippen molar-refractivity contribution in [1.82, 2.24) is 19.4 Å². The second-order valence-corrected chi connectivity index (χ2v) is 14.0. The molecule has 1 aliphatic carbocycles. The summed E-state index contributed by atoms with van der Waals surface area (Å²) >= 11 is 1.44. The Balaban J connectivity index is 1.40. The van der Waals surface area contributed by atoms with E-state index in [-0.39, 0.29) is 30.4 Å². The maximum Gasteiger partial charge on any atom is 0.407 e. The number of sulfonamides is 1. The lowest BCUT2D eigenvalue weighted by Crippen LogP contribution is -2.40. The van der Waals surface area contributed by atoms with Crippen LogP contribution in [0.3, 0.4) is 0 Å². The maximum atomic E-state index is 13.2. The molecule has 4 rings (SSSR count). The molecule has 0 radical (unpaired) electrons. The summed E-state index contributed by atoms with van der Waals surface area (Å²) in [4.78, 5) is 26.7. The van der Waals surface area contributed by atoms with E-state index in [4.69, 9.17) is 9.84 Å². The molecule has 0 unspecified atom stereocenters. The van der Waals surface area contributed by atoms with E-state index in [1.54, 1.807) is 39.8 Å². The van der Waals surface area contributed by atoms with Gasteiger partial charge < -0.3 is 15.4 Å². The van der Waals surface area contributed by atoms with Gasteiger partial charge in [-0.05, 0) is 70.9 Å². The molecule has 1 saturated carbocycles. The Morgan fingerprint density at radius 2 is 1.82 bits per heavy atom. The predicted octanol–water partition coefficient (Wildman–Crippen LogP) is 5.70. The van der Waals surface area contributed by atoms with Crippen molar-refractivity contribution in [2.75, 3.05) is 25.0 Å². The standard InChI is InChI=1S/C28H39N5O5S2/c1-6-32(17-16-29-27(35)38-28(3,4)5)40(36,37)22-14-12-20(13-15-22)30-25(34)24-18-23-19(2)31-33(26(23)39-24)21-10-8-7-9-11-21/h12-15,18,21H,6-11,16-17H2,1-5H3,(H,29,35)(H,30,34). The van der Waals surface area contributed by atoms with Crippen molar-refractivity contribution in [1.29, 1.82) is 0 Å². The highest BCUT2D eigenvalue weighted by Gasteiger charge is 2.25. The molecule has 2 aromatic heterocycles. The molecule has 2 N–H and O–H groups in total. The molecular formula is C28H39N5O5S2. The number of anilines is 1. The predicted molar refractivity (Wildman–Crippen MR) is 158 cm³/mol. The number of hydrogen-bond donors (Lipinski definition) is 2. The summed E-state index contributed by atoms with van der Waals surface area (Å²) < 4.78 is 34.9. The highest BCUT2D eigenvalue weighted by atomic mass is 32.2. The molecule has 2 heterocycles. The Morgan fingerprint density at radius 1 is 1.15 bits per heavy atom. The minimum atomic E-state index is -3.79. The van der Waals surface area contributed by atoms with E-state index < -0.39 is 21.7 Å². The number of likely N-dealkylation sites (N-methyl/N-ethyl adjacent to an activating group) is 1. The van der Waals surface area contributed by atoms with Gasteiger partial charge in [-0.2, -0.15) is 9.40 Å². The molecule has 1 aromatic carbocycles. The van der Waals surface area contributed by atoms with Gasteiger partial charge in [-0.25, -0.2) is 13.2 Å². The third kappa shape index (κ3) is 7.02. The first-order valence-electron chi connectivity index (χ1n) is 13.8. The number of carbonyl (C=O) groups excluding carboxylic acids is 2. The zero-order valence-electron chi connectivity index (χ0n) is 23.8. The number of ether oxygens (including phenoxy) is 1. The smallest absolute Gasteiger partial charge is 0.407 e. The molecular weight excluding hydrogens is 550 g/mol. The molecule has 12 heteroatoms. The molecule has 0 saturated heterocycles. The van der Waals surface area contributed by atoms with Crippen LogP contribution in [0.5, 0.6) is 0 Å². The van der Waals surface area contributed by atoms with E-state index in [9.17, 15) is 18.0 Å². The van der Waals surface area contributed by atoms with Crippen LogP contribution in [0, 0.1) is 6.92 Å². The van der Waals surface area contributed by atoms with Gasteiger partial charge >= 0.3 is 6.09 Å². The molecule has 0 spiro atoms. The Morgan fingerprint density at radius 3 is 2.45 bits per heavy atom. The Bertz CT molecular complexity index is 1450. The minimum absolute atomic E-state index is 0.0974. The Hall–Kier alpha value is -2.96. The third-order valence-electron chi connectivity index (χ3n) is 6.84. The number of carbonyl (C=O) groups is 2. The monoisotopic (exact) mass is 589 g/mol. The van der Waals surface area contributed by atoms with Crippen LogP contribution in [-0.4, -0.2) is 59.7 Å². The van der Waals surface area contributed by atoms with Crippen molar-refractivity contribution in [2.24, 2.45) is 0 Å². The summed E-state index contributed by atoms with van der Waals surface area (Å²) in [6.45, 7) is 9.44. The van der Waals surface area contributed by atoms with Gasteiger partial charge in [-0.1, -0.05) is 26.2 Å². The number of thiophene rings is 1. The maximum absolute atomic E-state index is 13.2. The first-order valence-corrected chi connectivity index (χ1v) is 16.0. The van der Waals surface area contributed by atoms with Gasteiger partial charge in [0, 0.05) is 30.7 Å². The summed E-state index contributed by atoms with van der Waals surface area (Å²) in [5, 5.41) is 11.2. The number of hydrogen-bond acceptors (Lipinski definition) is 7. The molecule has 2 amide bonds. The molecule has 0 atom stereocenters. The largest absolute Gasteiger partial charge is 0.444 e. The quantitative estimate of drug-likeness (QED) is 0.330. The van der Waals surface area contributed by atoms with Crippen LogP contribution >= 0.6 is 11.3 Å². The number of benzene rings is 1. The minimum Gasteiger partial charge on any atom is -0.444 e. The molecule has 1 aliphatic rings. The van der Waals surface area contributed by atoms with Crippen LogP contribution in [0.4, 0.5) is 10.5 Å². The van der Waals surface area contributed by atoms with Gasteiger partial charge in [0.05, 0.1) is 21.5 Å². The summed E-state index contributed by atoms with van der Waals surface area (Å²) in [6, 6.07) is 8.39. The fourth-order valence-corrected chi connectivity index (χ4v) is 7.43. The first-order chi connectivity index (χ1) is 18.9. The average Bonchev–Trinajstić information content (AvgIpc) is 3.47. The lowest BCUT2D eigenvalue weighted by molar-refractivity contribution is 0.0525. The van der Waals surface area contributed by atoms with Crippen LogP contribution in [0.25, 0.3) is 10.2 Å². The highest BCUT2D eigenvalue weighted by molar-refractivity contribution is 7.89. The third-order valence-corrected chi connectivity index (χ3v) is 9.96. The number of nitrogens with one attached hydrogen (secondary N) is 2. The van der Waals surface area contributed by atoms with Crippen molar-refractivity contribution < 1.29 is 22.7 Å². The number of aromatic nitrogens is 2. The van der Waals surface area contributed by atoms with Crippen LogP contribution < -0.4 is 10.6 Å². The number of rotatable bonds is 9. The summed E-state index contributed by atoms with van der Waals surface area (Å²) in [5.41, 5.74) is 0.790. The van der Waals surface area contributed by atoms with E-state index in [2.05, 4.69) is 15.3 Å². The van der Waals surface area contributed by atoms with Gasteiger partial charge in [0.25, 0.3) is 5.91 Å². The van der Waals surface area contributed by atoms with Crippen molar-refractivity contribution in [3.8, 4) is 0 Å². The van der Waals surface area contributed by atoms with Gasteiger partial charge in [0.2, 0.25) is 10.0 Å². The second-order valence-electron chi connectivity index (χ2n) is 11.1. The zero-order chi connectivity index (χ0) is 29.1. The fourth-order valence-electron chi connectivity index (χ4n) is 4.85. The van der Waals surface area contributed by atoms with Crippen LogP contribution in [-0.2, 0) is 14.8 Å². The number of alkyl carbamates (subject to hydrolysis) is 1. The van der Waals surface area contributed by atoms with E-state index in [1.165, 1.54) is 47.0 Å². The summed E-state index contributed by atoms with van der Waals surface area (Å²) in [7, 11) is -3.79. The van der Waals surface area contributed by atoms with Crippen LogP contribution in [0.2, 0.25) is 0 Å². The number of fused-ring (bicyclic) bond motifs is 1. The van der Waals surface area contributed by atoms with Crippen molar-refractivity contribution in [3.05, 3.63) is 40.9 Å². The molecule has 0 aliphatic heterocycles. The summed E-state index contributed by atoms with van der Waals surface area (Å²) in [5.74, 6) is -0.241. The highest BCUT2D eigenvalue weighted by Crippen LogP contribution is 2.35. The SMILES string of the molecule is CCN(CCNC(=O)OC(C)(C)C)S(=O)(=O)c1ccc(NC(=O)c2cc3c(C)nn(C4CCCCC4)c3s2)cc1. The normalized spacial score (nSPS) is 14.9. The van der Waals surface area contributed by atoms with Crippen LogP contribution in [0.15, 0.2) is 35.2 Å². The van der Waals surface area contributed by atoms with E-state index in [0.717, 1.165) is 28.8 Å². The number of amides is 2. The van der Waals surface area contributed by atoms with Crippen molar-refractivity contribution in [2.45, 2.75) is 83.3 Å². The number of nitrogens with zero attached hydrogens (tertiary/aromatic N) is 3. The second kappa shape index (κ2) is 12.3. The average molecular weight is 590 g/mol. The molecule has 10 nitrogen and oxygen atoms in total. The van der Waals surface area contributed by atoms with Crippen molar-refractivity contribution >= 4 is 49.3 Å². The molecule has 218 valence electrons. The lowest BCUT2D eigenvalue weighted by atomic mass is 9.96. The van der Waals surface area contributed by atoms with Gasteiger partial charge in [-0.3, -0.25) is 9.48 Å². The van der Waals surface area contributed by atoms with Gasteiger partial charge in [0.1, 0.15) is 10.4 Å². The van der Waals surface area contributed by atoms with E-state index in [0.29, 0.717) is 16.6 Å². The van der Waals surface area contributed by atoms with Gasteiger partial charge in [0.15, 0.2) is 0 Å².